The normalized spacial score (nSPS) is 29.6. The molecule has 0 aromatic heterocycles. The second kappa shape index (κ2) is 4.80. The molecule has 104 valence electrons. The van der Waals surface area contributed by atoms with E-state index >= 15 is 0 Å². The summed E-state index contributed by atoms with van der Waals surface area (Å²) in [6.07, 6.45) is 4.10. The van der Waals surface area contributed by atoms with Crippen molar-refractivity contribution in [2.75, 3.05) is 11.1 Å². The number of fused-ring (bicyclic) bond motifs is 2. The van der Waals surface area contributed by atoms with Crippen molar-refractivity contribution >= 4 is 15.5 Å². The Morgan fingerprint density at radius 1 is 1.26 bits per heavy atom. The number of rotatable bonds is 4. The minimum Gasteiger partial charge on any atom is -0.380 e. The summed E-state index contributed by atoms with van der Waals surface area (Å²) in [6, 6.07) is 7.40. The van der Waals surface area contributed by atoms with E-state index in [-0.39, 0.29) is 5.75 Å². The Morgan fingerprint density at radius 2 is 2.00 bits per heavy atom. The molecule has 1 aromatic rings. The molecule has 1 N–H and O–H groups in total. The van der Waals surface area contributed by atoms with Crippen LogP contribution in [0.5, 0.6) is 0 Å². The highest BCUT2D eigenvalue weighted by Crippen LogP contribution is 2.36. The average molecular weight is 281 g/mol. The van der Waals surface area contributed by atoms with Gasteiger partial charge < -0.3 is 10.1 Å². The van der Waals surface area contributed by atoms with Crippen molar-refractivity contribution in [2.24, 2.45) is 0 Å². The van der Waals surface area contributed by atoms with E-state index in [1.54, 1.807) is 19.1 Å². The molecule has 0 saturated carbocycles. The van der Waals surface area contributed by atoms with Crippen LogP contribution >= 0.6 is 0 Å². The lowest BCUT2D eigenvalue weighted by Crippen LogP contribution is -2.30. The summed E-state index contributed by atoms with van der Waals surface area (Å²) >= 11 is 0. The van der Waals surface area contributed by atoms with Crippen LogP contribution in [0.4, 0.5) is 5.69 Å². The standard InChI is InChI=1S/C14H19NO3S/c1-2-19(16,17)12-6-3-10(4-7-12)15-13-9-11-5-8-14(13)18-11/h3-4,6-7,11,13-15H,2,5,8-9H2,1H3. The zero-order valence-electron chi connectivity index (χ0n) is 11.0. The molecule has 0 aliphatic carbocycles. The van der Waals surface area contributed by atoms with Gasteiger partial charge in [-0.1, -0.05) is 6.92 Å². The smallest absolute Gasteiger partial charge is 0.178 e. The molecule has 0 spiro atoms. The minimum atomic E-state index is -3.10. The molecule has 3 unspecified atom stereocenters. The molecule has 2 saturated heterocycles. The van der Waals surface area contributed by atoms with Crippen molar-refractivity contribution in [3.8, 4) is 0 Å². The van der Waals surface area contributed by atoms with Gasteiger partial charge in [-0.3, -0.25) is 0 Å². The van der Waals surface area contributed by atoms with Gasteiger partial charge in [-0.15, -0.1) is 0 Å². The molecule has 3 rings (SSSR count). The number of ether oxygens (including phenoxy) is 1. The molecule has 19 heavy (non-hydrogen) atoms. The van der Waals surface area contributed by atoms with E-state index in [0.29, 0.717) is 23.1 Å². The topological polar surface area (TPSA) is 55.4 Å². The summed E-state index contributed by atoms with van der Waals surface area (Å²) in [7, 11) is -3.10. The number of anilines is 1. The molecule has 4 nitrogen and oxygen atoms in total. The Balaban J connectivity index is 1.70. The first-order valence-electron chi connectivity index (χ1n) is 6.83. The molecule has 3 atom stereocenters. The Bertz CT molecular complexity index is 553. The third-order valence-corrected chi connectivity index (χ3v) is 5.80. The summed E-state index contributed by atoms with van der Waals surface area (Å²) in [5, 5.41) is 3.45. The van der Waals surface area contributed by atoms with Crippen molar-refractivity contribution in [3.05, 3.63) is 24.3 Å². The summed E-state index contributed by atoms with van der Waals surface area (Å²) < 4.78 is 29.2. The van der Waals surface area contributed by atoms with Crippen LogP contribution in [-0.4, -0.2) is 32.4 Å². The Kier molecular flexibility index (Phi) is 3.27. The van der Waals surface area contributed by atoms with Crippen molar-refractivity contribution < 1.29 is 13.2 Å². The van der Waals surface area contributed by atoms with Crippen LogP contribution in [-0.2, 0) is 14.6 Å². The molecular formula is C14H19NO3S. The van der Waals surface area contributed by atoms with E-state index in [2.05, 4.69) is 5.32 Å². The van der Waals surface area contributed by atoms with E-state index in [4.69, 9.17) is 4.74 Å². The fraction of sp³-hybridized carbons (Fsp3) is 0.571. The highest BCUT2D eigenvalue weighted by Gasteiger charge is 2.40. The summed E-state index contributed by atoms with van der Waals surface area (Å²) in [4.78, 5) is 0.393. The predicted octanol–water partition coefficient (Wildman–Crippen LogP) is 2.21. The van der Waals surface area contributed by atoms with Gasteiger partial charge in [0.15, 0.2) is 9.84 Å². The van der Waals surface area contributed by atoms with E-state index in [9.17, 15) is 8.42 Å². The maximum absolute atomic E-state index is 11.7. The number of nitrogens with one attached hydrogen (secondary N) is 1. The van der Waals surface area contributed by atoms with E-state index in [1.165, 1.54) is 6.42 Å². The monoisotopic (exact) mass is 281 g/mol. The molecule has 0 amide bonds. The maximum Gasteiger partial charge on any atom is 0.178 e. The van der Waals surface area contributed by atoms with Crippen LogP contribution in [0.15, 0.2) is 29.2 Å². The van der Waals surface area contributed by atoms with Gasteiger partial charge in [0.25, 0.3) is 0 Å². The van der Waals surface area contributed by atoms with Crippen molar-refractivity contribution in [1.29, 1.82) is 0 Å². The zero-order valence-corrected chi connectivity index (χ0v) is 11.8. The van der Waals surface area contributed by atoms with Gasteiger partial charge in [0.05, 0.1) is 28.9 Å². The van der Waals surface area contributed by atoms with Crippen LogP contribution in [0.25, 0.3) is 0 Å². The number of hydrogen-bond acceptors (Lipinski definition) is 4. The third-order valence-electron chi connectivity index (χ3n) is 4.05. The predicted molar refractivity (Wildman–Crippen MR) is 74.1 cm³/mol. The number of benzene rings is 1. The van der Waals surface area contributed by atoms with Gasteiger partial charge >= 0.3 is 0 Å². The summed E-state index contributed by atoms with van der Waals surface area (Å²) in [5.41, 5.74) is 0.969. The first-order valence-corrected chi connectivity index (χ1v) is 8.48. The first-order chi connectivity index (χ1) is 9.08. The van der Waals surface area contributed by atoms with Gasteiger partial charge in [0, 0.05) is 5.69 Å². The third kappa shape index (κ3) is 2.49. The molecule has 0 radical (unpaired) electrons. The number of hydrogen-bond donors (Lipinski definition) is 1. The molecule has 2 aliphatic rings. The largest absolute Gasteiger partial charge is 0.380 e. The fourth-order valence-corrected chi connectivity index (χ4v) is 3.81. The molecule has 2 aliphatic heterocycles. The van der Waals surface area contributed by atoms with E-state index in [0.717, 1.165) is 18.5 Å². The zero-order chi connectivity index (χ0) is 13.5. The lowest BCUT2D eigenvalue weighted by Gasteiger charge is -2.21. The quantitative estimate of drug-likeness (QED) is 0.919. The molecule has 2 fully saturated rings. The van der Waals surface area contributed by atoms with Gasteiger partial charge in [-0.25, -0.2) is 8.42 Å². The van der Waals surface area contributed by atoms with Gasteiger partial charge in [0.1, 0.15) is 0 Å². The Labute approximate surface area is 114 Å². The van der Waals surface area contributed by atoms with Gasteiger partial charge in [-0.05, 0) is 43.5 Å². The van der Waals surface area contributed by atoms with Gasteiger partial charge in [-0.2, -0.15) is 0 Å². The molecule has 5 heteroatoms. The van der Waals surface area contributed by atoms with Crippen LogP contribution in [0.3, 0.4) is 0 Å². The molecule has 1 aromatic carbocycles. The van der Waals surface area contributed by atoms with Crippen LogP contribution < -0.4 is 5.32 Å². The SMILES string of the molecule is CCS(=O)(=O)c1ccc(NC2CC3CCC2O3)cc1. The molecule has 2 heterocycles. The van der Waals surface area contributed by atoms with Gasteiger partial charge in [0.2, 0.25) is 0 Å². The lowest BCUT2D eigenvalue weighted by molar-refractivity contribution is 0.102. The Hall–Kier alpha value is -1.07. The molecule has 2 bridgehead atoms. The Morgan fingerprint density at radius 3 is 2.53 bits per heavy atom. The van der Waals surface area contributed by atoms with Crippen molar-refractivity contribution in [1.82, 2.24) is 0 Å². The molecular weight excluding hydrogens is 262 g/mol. The van der Waals surface area contributed by atoms with Crippen molar-refractivity contribution in [3.63, 3.8) is 0 Å². The maximum atomic E-state index is 11.7. The van der Waals surface area contributed by atoms with Crippen molar-refractivity contribution in [2.45, 2.75) is 49.3 Å². The van der Waals surface area contributed by atoms with Crippen LogP contribution in [0, 0.1) is 0 Å². The second-order valence-corrected chi connectivity index (χ2v) is 7.57. The lowest BCUT2D eigenvalue weighted by atomic mass is 9.95. The summed E-state index contributed by atoms with van der Waals surface area (Å²) in [5.74, 6) is 0.139. The van der Waals surface area contributed by atoms with E-state index < -0.39 is 9.84 Å². The highest BCUT2D eigenvalue weighted by molar-refractivity contribution is 7.91. The average Bonchev–Trinajstić information content (AvgIpc) is 3.02. The van der Waals surface area contributed by atoms with E-state index in [1.807, 2.05) is 12.1 Å². The fourth-order valence-electron chi connectivity index (χ4n) is 2.93. The summed E-state index contributed by atoms with van der Waals surface area (Å²) in [6.45, 7) is 1.66. The van der Waals surface area contributed by atoms with Crippen LogP contribution in [0.2, 0.25) is 0 Å². The highest BCUT2D eigenvalue weighted by atomic mass is 32.2. The van der Waals surface area contributed by atoms with Crippen LogP contribution in [0.1, 0.15) is 26.2 Å². The first kappa shape index (κ1) is 12.9. The second-order valence-electron chi connectivity index (χ2n) is 5.29. The minimum absolute atomic E-state index is 0.139. The number of sulfone groups is 1.